The summed E-state index contributed by atoms with van der Waals surface area (Å²) in [6.45, 7) is 5.70. The van der Waals surface area contributed by atoms with Crippen molar-refractivity contribution in [2.75, 3.05) is 11.1 Å². The molecule has 0 aromatic heterocycles. The van der Waals surface area contributed by atoms with Crippen molar-refractivity contribution in [1.29, 1.82) is 0 Å². The van der Waals surface area contributed by atoms with Gasteiger partial charge in [-0.1, -0.05) is 11.6 Å². The normalized spacial score (nSPS) is 11.0. The highest BCUT2D eigenvalue weighted by molar-refractivity contribution is 6.31. The van der Waals surface area contributed by atoms with Crippen LogP contribution in [-0.4, -0.2) is 11.6 Å². The number of hydrogen-bond acceptors (Lipinski definition) is 2. The van der Waals surface area contributed by atoms with Crippen molar-refractivity contribution < 1.29 is 4.79 Å². The van der Waals surface area contributed by atoms with Gasteiger partial charge in [-0.05, 0) is 39.0 Å². The highest BCUT2D eigenvalue weighted by Crippen LogP contribution is 2.22. The minimum absolute atomic E-state index is 0.286. The van der Waals surface area contributed by atoms with E-state index in [1.165, 1.54) is 0 Å². The summed E-state index contributed by atoms with van der Waals surface area (Å²) in [5, 5.41) is 5.97. The Hall–Kier alpha value is -1.42. The van der Waals surface area contributed by atoms with E-state index >= 15 is 0 Å². The number of nitrogens with two attached hydrogens (primary N) is 1. The SMILES string of the molecule is CC(C)(C)NC(=O)Nc1ccc(Cl)cc1N. The molecule has 0 heterocycles. The number of amides is 2. The van der Waals surface area contributed by atoms with Crippen LogP contribution in [0.25, 0.3) is 0 Å². The monoisotopic (exact) mass is 241 g/mol. The van der Waals surface area contributed by atoms with E-state index in [2.05, 4.69) is 10.6 Å². The Balaban J connectivity index is 2.70. The van der Waals surface area contributed by atoms with Gasteiger partial charge in [0.05, 0.1) is 11.4 Å². The van der Waals surface area contributed by atoms with Gasteiger partial charge in [-0.25, -0.2) is 4.79 Å². The van der Waals surface area contributed by atoms with Gasteiger partial charge in [-0.2, -0.15) is 0 Å². The smallest absolute Gasteiger partial charge is 0.319 e. The zero-order valence-corrected chi connectivity index (χ0v) is 10.4. The van der Waals surface area contributed by atoms with E-state index in [4.69, 9.17) is 17.3 Å². The Morgan fingerprint density at radius 1 is 1.38 bits per heavy atom. The topological polar surface area (TPSA) is 67.2 Å². The average molecular weight is 242 g/mol. The molecule has 0 aliphatic carbocycles. The molecule has 0 aliphatic rings. The van der Waals surface area contributed by atoms with Crippen molar-refractivity contribution >= 4 is 29.0 Å². The Kier molecular flexibility index (Phi) is 3.65. The van der Waals surface area contributed by atoms with E-state index in [0.717, 1.165) is 0 Å². The first-order valence-electron chi connectivity index (χ1n) is 4.92. The molecule has 1 rings (SSSR count). The van der Waals surface area contributed by atoms with Crippen LogP contribution in [0.1, 0.15) is 20.8 Å². The number of hydrogen-bond donors (Lipinski definition) is 3. The summed E-state index contributed by atoms with van der Waals surface area (Å²) in [6, 6.07) is 4.64. The second-order valence-electron chi connectivity index (χ2n) is 4.56. The van der Waals surface area contributed by atoms with Crippen LogP contribution in [-0.2, 0) is 0 Å². The van der Waals surface area contributed by atoms with E-state index in [0.29, 0.717) is 16.4 Å². The Morgan fingerprint density at radius 3 is 2.50 bits per heavy atom. The molecule has 5 heteroatoms. The van der Waals surface area contributed by atoms with Gasteiger partial charge in [0, 0.05) is 10.6 Å². The van der Waals surface area contributed by atoms with Gasteiger partial charge in [0.25, 0.3) is 0 Å². The fourth-order valence-electron chi connectivity index (χ4n) is 1.14. The summed E-state index contributed by atoms with van der Waals surface area (Å²) in [6.07, 6.45) is 0. The zero-order chi connectivity index (χ0) is 12.3. The van der Waals surface area contributed by atoms with Crippen LogP contribution in [0.15, 0.2) is 18.2 Å². The van der Waals surface area contributed by atoms with Crippen LogP contribution in [0.5, 0.6) is 0 Å². The lowest BCUT2D eigenvalue weighted by molar-refractivity contribution is 0.244. The molecule has 4 N–H and O–H groups in total. The van der Waals surface area contributed by atoms with Gasteiger partial charge in [-0.3, -0.25) is 0 Å². The molecule has 0 spiro atoms. The lowest BCUT2D eigenvalue weighted by Gasteiger charge is -2.21. The van der Waals surface area contributed by atoms with E-state index < -0.39 is 0 Å². The molecule has 0 saturated carbocycles. The molecule has 2 amide bonds. The number of rotatable bonds is 1. The van der Waals surface area contributed by atoms with Crippen LogP contribution in [0.2, 0.25) is 5.02 Å². The first-order chi connectivity index (χ1) is 7.28. The van der Waals surface area contributed by atoms with Crippen LogP contribution >= 0.6 is 11.6 Å². The molecule has 4 nitrogen and oxygen atoms in total. The van der Waals surface area contributed by atoms with Crippen molar-refractivity contribution in [2.24, 2.45) is 0 Å². The molecule has 0 bridgehead atoms. The highest BCUT2D eigenvalue weighted by atomic mass is 35.5. The fourth-order valence-corrected chi connectivity index (χ4v) is 1.32. The Labute approximate surface area is 100 Å². The molecule has 16 heavy (non-hydrogen) atoms. The average Bonchev–Trinajstić information content (AvgIpc) is 2.06. The number of nitrogen functional groups attached to an aromatic ring is 1. The quantitative estimate of drug-likeness (QED) is 0.662. The van der Waals surface area contributed by atoms with Crippen LogP contribution in [0.3, 0.4) is 0 Å². The molecule has 0 aliphatic heterocycles. The van der Waals surface area contributed by atoms with Gasteiger partial charge in [0.15, 0.2) is 0 Å². The van der Waals surface area contributed by atoms with Crippen molar-refractivity contribution in [1.82, 2.24) is 5.32 Å². The predicted molar refractivity (Wildman–Crippen MR) is 67.8 cm³/mol. The van der Waals surface area contributed by atoms with Gasteiger partial charge < -0.3 is 16.4 Å². The maximum absolute atomic E-state index is 11.6. The summed E-state index contributed by atoms with van der Waals surface area (Å²) in [4.78, 5) is 11.6. The van der Waals surface area contributed by atoms with Crippen molar-refractivity contribution in [3.05, 3.63) is 23.2 Å². The fraction of sp³-hybridized carbons (Fsp3) is 0.364. The van der Waals surface area contributed by atoms with E-state index in [1.54, 1.807) is 18.2 Å². The highest BCUT2D eigenvalue weighted by Gasteiger charge is 2.14. The zero-order valence-electron chi connectivity index (χ0n) is 9.60. The maximum atomic E-state index is 11.6. The molecule has 1 aromatic rings. The summed E-state index contributed by atoms with van der Waals surface area (Å²) in [5.74, 6) is 0. The maximum Gasteiger partial charge on any atom is 0.319 e. The van der Waals surface area contributed by atoms with Gasteiger partial charge in [0.1, 0.15) is 0 Å². The number of nitrogens with one attached hydrogen (secondary N) is 2. The van der Waals surface area contributed by atoms with Crippen molar-refractivity contribution in [3.8, 4) is 0 Å². The summed E-state index contributed by atoms with van der Waals surface area (Å²) >= 11 is 5.75. The summed E-state index contributed by atoms with van der Waals surface area (Å²) in [7, 11) is 0. The van der Waals surface area contributed by atoms with E-state index in [1.807, 2.05) is 20.8 Å². The minimum atomic E-state index is -0.290. The number of carbonyl (C=O) groups excluding carboxylic acids is 1. The Bertz CT molecular complexity index is 399. The van der Waals surface area contributed by atoms with Crippen LogP contribution in [0.4, 0.5) is 16.2 Å². The Morgan fingerprint density at radius 2 is 2.00 bits per heavy atom. The molecule has 88 valence electrons. The number of carbonyl (C=O) groups is 1. The van der Waals surface area contributed by atoms with Gasteiger partial charge in [0.2, 0.25) is 0 Å². The van der Waals surface area contributed by atoms with Crippen LogP contribution < -0.4 is 16.4 Å². The minimum Gasteiger partial charge on any atom is -0.397 e. The first kappa shape index (κ1) is 12.6. The molecule has 0 radical (unpaired) electrons. The van der Waals surface area contributed by atoms with Gasteiger partial charge in [-0.15, -0.1) is 0 Å². The van der Waals surface area contributed by atoms with Crippen LogP contribution in [0, 0.1) is 0 Å². The lowest BCUT2D eigenvalue weighted by Crippen LogP contribution is -2.43. The van der Waals surface area contributed by atoms with Crippen molar-refractivity contribution in [3.63, 3.8) is 0 Å². The lowest BCUT2D eigenvalue weighted by atomic mass is 10.1. The second kappa shape index (κ2) is 4.61. The molecule has 0 fully saturated rings. The summed E-state index contributed by atoms with van der Waals surface area (Å²) < 4.78 is 0. The molecule has 0 unspecified atom stereocenters. The number of benzene rings is 1. The third-order valence-electron chi connectivity index (χ3n) is 1.75. The standard InChI is InChI=1S/C11H16ClN3O/c1-11(2,3)15-10(16)14-9-5-4-7(12)6-8(9)13/h4-6H,13H2,1-3H3,(H2,14,15,16). The number of urea groups is 1. The van der Waals surface area contributed by atoms with E-state index in [-0.39, 0.29) is 11.6 Å². The summed E-state index contributed by atoms with van der Waals surface area (Å²) in [5.41, 5.74) is 6.41. The predicted octanol–water partition coefficient (Wildman–Crippen LogP) is 2.84. The third-order valence-corrected chi connectivity index (χ3v) is 1.99. The molecular weight excluding hydrogens is 226 g/mol. The molecule has 0 atom stereocenters. The first-order valence-corrected chi connectivity index (χ1v) is 5.30. The molecule has 0 saturated heterocycles. The number of anilines is 2. The van der Waals surface area contributed by atoms with E-state index in [9.17, 15) is 4.79 Å². The van der Waals surface area contributed by atoms with Crippen molar-refractivity contribution in [2.45, 2.75) is 26.3 Å². The molecule has 1 aromatic carbocycles. The third kappa shape index (κ3) is 3.98. The van der Waals surface area contributed by atoms with Gasteiger partial charge >= 0.3 is 6.03 Å². The second-order valence-corrected chi connectivity index (χ2v) is 5.00. The largest absolute Gasteiger partial charge is 0.397 e. The molecular formula is C11H16ClN3O. The number of halogens is 1.